The fourth-order valence-electron chi connectivity index (χ4n) is 2.83. The number of nitrogens with one attached hydrogen (secondary N) is 1. The molecule has 1 N–H and O–H groups in total. The SMILES string of the molecule is CC(C)n1cc(C#N)c(NC(=O)C[C@@H]2C[C@H]2c2ccccc2)n1. The summed E-state index contributed by atoms with van der Waals surface area (Å²) in [7, 11) is 0. The van der Waals surface area contributed by atoms with Crippen molar-refractivity contribution < 1.29 is 4.79 Å². The van der Waals surface area contributed by atoms with Crippen molar-refractivity contribution in [2.75, 3.05) is 5.32 Å². The fraction of sp³-hybridized carbons (Fsp3) is 0.389. The minimum absolute atomic E-state index is 0.0704. The van der Waals surface area contributed by atoms with Crippen LogP contribution in [0.25, 0.3) is 0 Å². The normalized spacial score (nSPS) is 19.4. The molecule has 5 nitrogen and oxygen atoms in total. The van der Waals surface area contributed by atoms with Gasteiger partial charge in [0.1, 0.15) is 11.6 Å². The highest BCUT2D eigenvalue weighted by Gasteiger charge is 2.39. The molecule has 0 unspecified atom stereocenters. The molecule has 0 saturated heterocycles. The van der Waals surface area contributed by atoms with Crippen LogP contribution in [0.2, 0.25) is 0 Å². The number of amides is 1. The van der Waals surface area contributed by atoms with Crippen LogP contribution >= 0.6 is 0 Å². The van der Waals surface area contributed by atoms with Crippen LogP contribution in [0, 0.1) is 17.2 Å². The molecule has 1 saturated carbocycles. The first-order valence-electron chi connectivity index (χ1n) is 7.92. The van der Waals surface area contributed by atoms with Crippen LogP contribution in [0.15, 0.2) is 36.5 Å². The average molecular weight is 308 g/mol. The number of hydrogen-bond acceptors (Lipinski definition) is 3. The van der Waals surface area contributed by atoms with Gasteiger partial charge in [0.25, 0.3) is 0 Å². The Balaban J connectivity index is 1.60. The molecule has 1 aliphatic rings. The minimum atomic E-state index is -0.0704. The van der Waals surface area contributed by atoms with Gasteiger partial charge in [-0.1, -0.05) is 30.3 Å². The topological polar surface area (TPSA) is 70.7 Å². The molecule has 23 heavy (non-hydrogen) atoms. The smallest absolute Gasteiger partial charge is 0.225 e. The van der Waals surface area contributed by atoms with E-state index in [4.69, 9.17) is 5.26 Å². The summed E-state index contributed by atoms with van der Waals surface area (Å²) < 4.78 is 1.69. The minimum Gasteiger partial charge on any atom is -0.308 e. The first-order valence-corrected chi connectivity index (χ1v) is 7.92. The van der Waals surface area contributed by atoms with Crippen molar-refractivity contribution in [3.05, 3.63) is 47.7 Å². The largest absolute Gasteiger partial charge is 0.308 e. The van der Waals surface area contributed by atoms with Gasteiger partial charge in [-0.15, -0.1) is 0 Å². The van der Waals surface area contributed by atoms with E-state index in [9.17, 15) is 4.79 Å². The number of hydrogen-bond donors (Lipinski definition) is 1. The quantitative estimate of drug-likeness (QED) is 0.919. The zero-order chi connectivity index (χ0) is 16.4. The van der Waals surface area contributed by atoms with Gasteiger partial charge in [0.15, 0.2) is 5.82 Å². The van der Waals surface area contributed by atoms with E-state index in [-0.39, 0.29) is 11.9 Å². The highest BCUT2D eigenvalue weighted by atomic mass is 16.1. The van der Waals surface area contributed by atoms with Crippen LogP contribution in [0.3, 0.4) is 0 Å². The molecule has 1 aromatic carbocycles. The number of carbonyl (C=O) groups excluding carboxylic acids is 1. The van der Waals surface area contributed by atoms with Gasteiger partial charge in [-0.3, -0.25) is 9.48 Å². The molecule has 1 amide bonds. The van der Waals surface area contributed by atoms with Crippen molar-refractivity contribution in [3.8, 4) is 6.07 Å². The first kappa shape index (κ1) is 15.3. The van der Waals surface area contributed by atoms with Crippen molar-refractivity contribution in [1.29, 1.82) is 5.26 Å². The molecule has 118 valence electrons. The second kappa shape index (κ2) is 6.25. The predicted octanol–water partition coefficient (Wildman–Crippen LogP) is 3.47. The molecule has 1 aliphatic carbocycles. The number of nitrogens with zero attached hydrogens (tertiary/aromatic N) is 3. The standard InChI is InChI=1S/C18H20N4O/c1-12(2)22-11-15(10-19)18(21-22)20-17(23)9-14-8-16(14)13-6-4-3-5-7-13/h3-7,11-12,14,16H,8-9H2,1-2H3,(H,20,21,23)/t14-,16-/m0/s1. The Morgan fingerprint density at radius 2 is 2.17 bits per heavy atom. The Kier molecular flexibility index (Phi) is 4.16. The van der Waals surface area contributed by atoms with Gasteiger partial charge in [0.05, 0.1) is 0 Å². The third-order valence-corrected chi connectivity index (χ3v) is 4.24. The van der Waals surface area contributed by atoms with Gasteiger partial charge < -0.3 is 5.32 Å². The van der Waals surface area contributed by atoms with Gasteiger partial charge in [-0.05, 0) is 37.7 Å². The Morgan fingerprint density at radius 1 is 1.43 bits per heavy atom. The number of nitriles is 1. The maximum absolute atomic E-state index is 12.2. The van der Waals surface area contributed by atoms with E-state index in [1.165, 1.54) is 5.56 Å². The molecule has 5 heteroatoms. The fourth-order valence-corrected chi connectivity index (χ4v) is 2.83. The number of carbonyl (C=O) groups is 1. The van der Waals surface area contributed by atoms with Gasteiger partial charge in [0.2, 0.25) is 5.91 Å². The Labute approximate surface area is 135 Å². The average Bonchev–Trinajstić information content (AvgIpc) is 3.17. The van der Waals surface area contributed by atoms with E-state index in [0.29, 0.717) is 29.6 Å². The number of anilines is 1. The second-order valence-electron chi connectivity index (χ2n) is 6.34. The highest BCUT2D eigenvalue weighted by molar-refractivity contribution is 5.91. The summed E-state index contributed by atoms with van der Waals surface area (Å²) in [5.74, 6) is 1.16. The van der Waals surface area contributed by atoms with Crippen LogP contribution < -0.4 is 5.32 Å². The Hall–Kier alpha value is -2.61. The van der Waals surface area contributed by atoms with Gasteiger partial charge >= 0.3 is 0 Å². The van der Waals surface area contributed by atoms with Gasteiger partial charge in [-0.2, -0.15) is 10.4 Å². The van der Waals surface area contributed by atoms with E-state index < -0.39 is 0 Å². The molecule has 0 spiro atoms. The van der Waals surface area contributed by atoms with E-state index in [1.807, 2.05) is 32.0 Å². The number of rotatable bonds is 5. The van der Waals surface area contributed by atoms with Crippen LogP contribution in [-0.2, 0) is 4.79 Å². The van der Waals surface area contributed by atoms with Crippen molar-refractivity contribution in [2.24, 2.45) is 5.92 Å². The van der Waals surface area contributed by atoms with Crippen molar-refractivity contribution in [1.82, 2.24) is 9.78 Å². The molecule has 0 aliphatic heterocycles. The van der Waals surface area contributed by atoms with E-state index in [2.05, 4.69) is 28.6 Å². The maximum atomic E-state index is 12.2. The van der Waals surface area contributed by atoms with Gasteiger partial charge in [0, 0.05) is 18.7 Å². The third kappa shape index (κ3) is 3.42. The lowest BCUT2D eigenvalue weighted by Crippen LogP contribution is -2.14. The monoisotopic (exact) mass is 308 g/mol. The highest BCUT2D eigenvalue weighted by Crippen LogP contribution is 2.49. The lowest BCUT2D eigenvalue weighted by Gasteiger charge is -2.04. The summed E-state index contributed by atoms with van der Waals surface area (Å²) in [4.78, 5) is 12.2. The van der Waals surface area contributed by atoms with Crippen LogP contribution in [0.1, 0.15) is 49.8 Å². The summed E-state index contributed by atoms with van der Waals surface area (Å²) in [5, 5.41) is 16.2. The molecular weight excluding hydrogens is 288 g/mol. The molecule has 1 heterocycles. The molecule has 0 bridgehead atoms. The lowest BCUT2D eigenvalue weighted by molar-refractivity contribution is -0.116. The van der Waals surface area contributed by atoms with E-state index in [1.54, 1.807) is 10.9 Å². The second-order valence-corrected chi connectivity index (χ2v) is 6.34. The molecule has 1 aromatic heterocycles. The summed E-state index contributed by atoms with van der Waals surface area (Å²) in [6.07, 6.45) is 3.19. The molecular formula is C18H20N4O. The lowest BCUT2D eigenvalue weighted by atomic mass is 10.1. The van der Waals surface area contributed by atoms with Crippen LogP contribution in [-0.4, -0.2) is 15.7 Å². The predicted molar refractivity (Wildman–Crippen MR) is 87.9 cm³/mol. The number of benzene rings is 1. The summed E-state index contributed by atoms with van der Waals surface area (Å²) in [5.41, 5.74) is 1.70. The van der Waals surface area contributed by atoms with E-state index >= 15 is 0 Å². The third-order valence-electron chi connectivity index (χ3n) is 4.24. The first-order chi connectivity index (χ1) is 11.1. The van der Waals surface area contributed by atoms with Crippen molar-refractivity contribution >= 4 is 11.7 Å². The zero-order valence-corrected chi connectivity index (χ0v) is 13.4. The van der Waals surface area contributed by atoms with Crippen molar-refractivity contribution in [2.45, 2.75) is 38.6 Å². The zero-order valence-electron chi connectivity index (χ0n) is 13.4. The molecule has 0 radical (unpaired) electrons. The Bertz CT molecular complexity index is 742. The summed E-state index contributed by atoms with van der Waals surface area (Å²) in [6.45, 7) is 3.96. The number of aromatic nitrogens is 2. The molecule has 2 atom stereocenters. The van der Waals surface area contributed by atoms with Crippen LogP contribution in [0.4, 0.5) is 5.82 Å². The maximum Gasteiger partial charge on any atom is 0.225 e. The van der Waals surface area contributed by atoms with Gasteiger partial charge in [-0.25, -0.2) is 0 Å². The van der Waals surface area contributed by atoms with E-state index in [0.717, 1.165) is 6.42 Å². The molecule has 2 aromatic rings. The summed E-state index contributed by atoms with van der Waals surface area (Å²) in [6, 6.07) is 12.5. The Morgan fingerprint density at radius 3 is 2.83 bits per heavy atom. The summed E-state index contributed by atoms with van der Waals surface area (Å²) >= 11 is 0. The van der Waals surface area contributed by atoms with Crippen LogP contribution in [0.5, 0.6) is 0 Å². The molecule has 3 rings (SSSR count). The van der Waals surface area contributed by atoms with Crippen molar-refractivity contribution in [3.63, 3.8) is 0 Å². The molecule has 1 fully saturated rings.